The van der Waals surface area contributed by atoms with E-state index < -0.39 is 5.60 Å². The molecule has 1 aromatic carbocycles. The minimum Gasteiger partial charge on any atom is -0.389 e. The largest absolute Gasteiger partial charge is 0.389 e. The van der Waals surface area contributed by atoms with Gasteiger partial charge in [0.1, 0.15) is 5.69 Å². The van der Waals surface area contributed by atoms with Gasteiger partial charge in [-0.2, -0.15) is 0 Å². The number of aromatic nitrogens is 1. The molecule has 2 atom stereocenters. The summed E-state index contributed by atoms with van der Waals surface area (Å²) in [6, 6.07) is 10.1. The first-order valence-corrected chi connectivity index (χ1v) is 8.65. The Bertz CT molecular complexity index is 751. The fourth-order valence-electron chi connectivity index (χ4n) is 4.41. The molecule has 4 heteroatoms. The summed E-state index contributed by atoms with van der Waals surface area (Å²) in [6.45, 7) is 1.35. The number of amides is 1. The third kappa shape index (κ3) is 2.36. The molecule has 0 spiro atoms. The molecule has 4 rings (SSSR count). The lowest BCUT2D eigenvalue weighted by molar-refractivity contribution is -0.0887. The van der Waals surface area contributed by atoms with Gasteiger partial charge < -0.3 is 14.6 Å². The summed E-state index contributed by atoms with van der Waals surface area (Å²) in [5.74, 6) is 0.333. The first kappa shape index (κ1) is 14.8. The third-order valence-electron chi connectivity index (χ3n) is 5.89. The molecule has 2 aromatic rings. The van der Waals surface area contributed by atoms with Crippen LogP contribution in [0.1, 0.15) is 42.6 Å². The second-order valence-electron chi connectivity index (χ2n) is 7.19. The number of benzene rings is 1. The van der Waals surface area contributed by atoms with Crippen molar-refractivity contribution in [2.24, 2.45) is 13.0 Å². The highest BCUT2D eigenvalue weighted by atomic mass is 16.3. The van der Waals surface area contributed by atoms with Crippen LogP contribution in [0.25, 0.3) is 10.9 Å². The lowest BCUT2D eigenvalue weighted by Crippen LogP contribution is -2.54. The molecule has 1 aliphatic heterocycles. The highest BCUT2D eigenvalue weighted by Gasteiger charge is 2.44. The van der Waals surface area contributed by atoms with Crippen molar-refractivity contribution in [1.29, 1.82) is 0 Å². The Morgan fingerprint density at radius 3 is 2.91 bits per heavy atom. The van der Waals surface area contributed by atoms with E-state index in [2.05, 4.69) is 0 Å². The summed E-state index contributed by atoms with van der Waals surface area (Å²) in [4.78, 5) is 14.9. The van der Waals surface area contributed by atoms with Gasteiger partial charge in [-0.05, 0) is 31.4 Å². The number of hydrogen-bond acceptors (Lipinski definition) is 2. The molecular formula is C19H24N2O2. The SMILES string of the molecule is Cn1c(C(=O)N2CC[C@@]3(O)CCCC[C@@H]3C2)cc2ccccc21. The minimum absolute atomic E-state index is 0.0938. The Morgan fingerprint density at radius 2 is 2.09 bits per heavy atom. The molecule has 122 valence electrons. The number of carbonyl (C=O) groups excluding carboxylic acids is 1. The number of piperidine rings is 1. The molecule has 4 nitrogen and oxygen atoms in total. The van der Waals surface area contributed by atoms with Crippen LogP contribution in [0.2, 0.25) is 0 Å². The second-order valence-corrected chi connectivity index (χ2v) is 7.19. The lowest BCUT2D eigenvalue weighted by Gasteiger charge is -2.47. The highest BCUT2D eigenvalue weighted by molar-refractivity contribution is 5.98. The summed E-state index contributed by atoms with van der Waals surface area (Å²) in [7, 11) is 1.95. The van der Waals surface area contributed by atoms with Crippen molar-refractivity contribution in [3.05, 3.63) is 36.0 Å². The molecular weight excluding hydrogens is 288 g/mol. The number of likely N-dealkylation sites (tertiary alicyclic amines) is 1. The average molecular weight is 312 g/mol. The van der Waals surface area contributed by atoms with Crippen LogP contribution in [0.4, 0.5) is 0 Å². The number of para-hydroxylation sites is 1. The van der Waals surface area contributed by atoms with Crippen LogP contribution in [0, 0.1) is 5.92 Å². The quantitative estimate of drug-likeness (QED) is 0.880. The number of aryl methyl sites for hydroxylation is 1. The van der Waals surface area contributed by atoms with Crippen LogP contribution in [0.3, 0.4) is 0 Å². The van der Waals surface area contributed by atoms with Gasteiger partial charge in [0.25, 0.3) is 5.91 Å². The van der Waals surface area contributed by atoms with Crippen molar-refractivity contribution >= 4 is 16.8 Å². The van der Waals surface area contributed by atoms with Gasteiger partial charge >= 0.3 is 0 Å². The number of carbonyl (C=O) groups is 1. The van der Waals surface area contributed by atoms with Crippen molar-refractivity contribution < 1.29 is 9.90 Å². The predicted molar refractivity (Wildman–Crippen MR) is 90.3 cm³/mol. The normalized spacial score (nSPS) is 27.9. The van der Waals surface area contributed by atoms with Gasteiger partial charge in [0, 0.05) is 37.0 Å². The van der Waals surface area contributed by atoms with Crippen molar-refractivity contribution in [2.45, 2.75) is 37.7 Å². The summed E-state index contributed by atoms with van der Waals surface area (Å²) in [6.07, 6.45) is 4.93. The maximum atomic E-state index is 13.0. The van der Waals surface area contributed by atoms with E-state index in [-0.39, 0.29) is 11.8 Å². The van der Waals surface area contributed by atoms with Gasteiger partial charge in [0.05, 0.1) is 5.60 Å². The molecule has 23 heavy (non-hydrogen) atoms. The van der Waals surface area contributed by atoms with Crippen LogP contribution in [-0.2, 0) is 7.05 Å². The second kappa shape index (κ2) is 5.38. The summed E-state index contributed by atoms with van der Waals surface area (Å²) >= 11 is 0. The van der Waals surface area contributed by atoms with Crippen molar-refractivity contribution in [3.8, 4) is 0 Å². The highest BCUT2D eigenvalue weighted by Crippen LogP contribution is 2.40. The molecule has 1 saturated heterocycles. The van der Waals surface area contributed by atoms with Gasteiger partial charge in [-0.1, -0.05) is 31.0 Å². The zero-order chi connectivity index (χ0) is 16.0. The third-order valence-corrected chi connectivity index (χ3v) is 5.89. The zero-order valence-electron chi connectivity index (χ0n) is 13.7. The first-order valence-electron chi connectivity index (χ1n) is 8.65. The Hall–Kier alpha value is -1.81. The summed E-state index contributed by atoms with van der Waals surface area (Å²) in [5, 5.41) is 11.9. The van der Waals surface area contributed by atoms with Crippen molar-refractivity contribution in [3.63, 3.8) is 0 Å². The van der Waals surface area contributed by atoms with Gasteiger partial charge in [-0.3, -0.25) is 4.79 Å². The van der Waals surface area contributed by atoms with E-state index >= 15 is 0 Å². The molecule has 1 N–H and O–H groups in total. The standard InChI is InChI=1S/C19H24N2O2/c1-20-16-8-3-2-6-14(16)12-17(20)18(22)21-11-10-19(23)9-5-4-7-15(19)13-21/h2-3,6,8,12,15,23H,4-5,7,9-11,13H2,1H3/t15-,19+/m1/s1. The molecule has 0 bridgehead atoms. The van der Waals surface area contributed by atoms with E-state index in [1.54, 1.807) is 0 Å². The van der Waals surface area contributed by atoms with Gasteiger partial charge in [0.2, 0.25) is 0 Å². The van der Waals surface area contributed by atoms with E-state index in [9.17, 15) is 9.90 Å². The van der Waals surface area contributed by atoms with Crippen LogP contribution in [0.15, 0.2) is 30.3 Å². The van der Waals surface area contributed by atoms with Crippen LogP contribution < -0.4 is 0 Å². The predicted octanol–water partition coefficient (Wildman–Crippen LogP) is 2.95. The Morgan fingerprint density at radius 1 is 1.26 bits per heavy atom. The molecule has 0 unspecified atom stereocenters. The number of fused-ring (bicyclic) bond motifs is 2. The zero-order valence-corrected chi connectivity index (χ0v) is 13.7. The van der Waals surface area contributed by atoms with E-state index in [0.29, 0.717) is 19.5 Å². The van der Waals surface area contributed by atoms with E-state index in [1.807, 2.05) is 46.8 Å². The van der Waals surface area contributed by atoms with Crippen LogP contribution in [0.5, 0.6) is 0 Å². The average Bonchev–Trinajstić information content (AvgIpc) is 2.91. The molecule has 1 aliphatic carbocycles. The molecule has 2 heterocycles. The Balaban J connectivity index is 1.60. The van der Waals surface area contributed by atoms with Crippen molar-refractivity contribution in [1.82, 2.24) is 9.47 Å². The Kier molecular flexibility index (Phi) is 3.45. The lowest BCUT2D eigenvalue weighted by atomic mass is 9.71. The van der Waals surface area contributed by atoms with Gasteiger partial charge in [-0.15, -0.1) is 0 Å². The first-order chi connectivity index (χ1) is 11.1. The molecule has 1 aromatic heterocycles. The topological polar surface area (TPSA) is 45.5 Å². The summed E-state index contributed by atoms with van der Waals surface area (Å²) < 4.78 is 1.99. The van der Waals surface area contributed by atoms with Gasteiger partial charge in [0.15, 0.2) is 0 Å². The van der Waals surface area contributed by atoms with Crippen LogP contribution >= 0.6 is 0 Å². The molecule has 2 fully saturated rings. The fourth-order valence-corrected chi connectivity index (χ4v) is 4.41. The van der Waals surface area contributed by atoms with E-state index in [1.165, 1.54) is 6.42 Å². The summed E-state index contributed by atoms with van der Waals surface area (Å²) in [5.41, 5.74) is 1.29. The number of aliphatic hydroxyl groups is 1. The maximum absolute atomic E-state index is 13.0. The molecule has 1 amide bonds. The molecule has 1 saturated carbocycles. The number of nitrogens with zero attached hydrogens (tertiary/aromatic N) is 2. The maximum Gasteiger partial charge on any atom is 0.270 e. The monoisotopic (exact) mass is 312 g/mol. The van der Waals surface area contributed by atoms with E-state index in [0.717, 1.165) is 35.9 Å². The van der Waals surface area contributed by atoms with E-state index in [4.69, 9.17) is 0 Å². The minimum atomic E-state index is -0.534. The van der Waals surface area contributed by atoms with Crippen LogP contribution in [-0.4, -0.2) is 39.2 Å². The molecule has 0 radical (unpaired) electrons. The fraction of sp³-hybridized carbons (Fsp3) is 0.526. The Labute approximate surface area is 136 Å². The number of rotatable bonds is 1. The smallest absolute Gasteiger partial charge is 0.270 e. The molecule has 2 aliphatic rings. The van der Waals surface area contributed by atoms with Gasteiger partial charge in [-0.25, -0.2) is 0 Å². The van der Waals surface area contributed by atoms with Crippen molar-refractivity contribution in [2.75, 3.05) is 13.1 Å². The number of hydrogen-bond donors (Lipinski definition) is 1.